The summed E-state index contributed by atoms with van der Waals surface area (Å²) in [6, 6.07) is 4.08. The number of rotatable bonds is 2. The molecular formula is C12H10F3NO4. The zero-order valence-electron chi connectivity index (χ0n) is 10.1. The molecule has 8 heteroatoms. The first kappa shape index (κ1) is 14.2. The third-order valence-corrected chi connectivity index (χ3v) is 2.80. The number of benzene rings is 1. The first-order valence-electron chi connectivity index (χ1n) is 5.65. The number of amides is 1. The molecule has 0 aromatic heterocycles. The van der Waals surface area contributed by atoms with E-state index in [9.17, 15) is 22.8 Å². The Labute approximate surface area is 111 Å². The summed E-state index contributed by atoms with van der Waals surface area (Å²) in [5.41, 5.74) is 1.03. The number of nitrogens with zero attached hydrogens (tertiary/aromatic N) is 1. The first-order valence-corrected chi connectivity index (χ1v) is 5.65. The number of carbonyl (C=O) groups excluding carboxylic acids is 1. The molecule has 0 saturated heterocycles. The van der Waals surface area contributed by atoms with E-state index < -0.39 is 24.8 Å². The summed E-state index contributed by atoms with van der Waals surface area (Å²) < 4.78 is 40.1. The van der Waals surface area contributed by atoms with Gasteiger partial charge in [0.25, 0.3) is 0 Å². The van der Waals surface area contributed by atoms with Crippen molar-refractivity contribution in [3.05, 3.63) is 29.3 Å². The van der Waals surface area contributed by atoms with Crippen LogP contribution in [0.3, 0.4) is 0 Å². The van der Waals surface area contributed by atoms with Crippen molar-refractivity contribution in [1.29, 1.82) is 0 Å². The van der Waals surface area contributed by atoms with E-state index in [1.54, 1.807) is 0 Å². The fraction of sp³-hybridized carbons (Fsp3) is 0.333. The summed E-state index contributed by atoms with van der Waals surface area (Å²) >= 11 is 0. The zero-order valence-corrected chi connectivity index (χ0v) is 10.1. The lowest BCUT2D eigenvalue weighted by Crippen LogP contribution is -2.32. The van der Waals surface area contributed by atoms with Crippen LogP contribution in [0.2, 0.25) is 0 Å². The van der Waals surface area contributed by atoms with Crippen molar-refractivity contribution in [2.45, 2.75) is 12.6 Å². The fourth-order valence-corrected chi connectivity index (χ4v) is 1.95. The Morgan fingerprint density at radius 2 is 2.05 bits per heavy atom. The molecule has 1 aromatic carbocycles. The van der Waals surface area contributed by atoms with Crippen molar-refractivity contribution in [3.63, 3.8) is 0 Å². The molecule has 1 aliphatic heterocycles. The molecule has 0 saturated carbocycles. The molecule has 0 fully saturated rings. The lowest BCUT2D eigenvalue weighted by molar-refractivity contribution is -0.159. The Hall–Kier alpha value is -2.25. The average Bonchev–Trinajstić information content (AvgIpc) is 2.77. The molecule has 0 radical (unpaired) electrons. The maximum atomic E-state index is 12.0. The predicted octanol–water partition coefficient (Wildman–Crippen LogP) is 2.45. The lowest BCUT2D eigenvalue weighted by atomic mass is 10.1. The summed E-state index contributed by atoms with van der Waals surface area (Å²) in [6.07, 6.45) is -5.30. The number of hydrogen-bond donors (Lipinski definition) is 1. The summed E-state index contributed by atoms with van der Waals surface area (Å²) in [4.78, 5) is 23.4. The van der Waals surface area contributed by atoms with Crippen LogP contribution in [0.5, 0.6) is 0 Å². The molecule has 1 aromatic rings. The summed E-state index contributed by atoms with van der Waals surface area (Å²) in [5, 5.41) is 8.83. The summed E-state index contributed by atoms with van der Waals surface area (Å²) in [6.45, 7) is -1.49. The third kappa shape index (κ3) is 3.01. The molecule has 0 atom stereocenters. The normalized spacial score (nSPS) is 14.1. The highest BCUT2D eigenvalue weighted by molar-refractivity contribution is 5.93. The predicted molar refractivity (Wildman–Crippen MR) is 61.9 cm³/mol. The average molecular weight is 289 g/mol. The Bertz CT molecular complexity index is 556. The van der Waals surface area contributed by atoms with E-state index in [1.807, 2.05) is 0 Å². The molecule has 108 valence electrons. The SMILES string of the molecule is O=C(O)c1ccc2c(c1)CCN2C(=O)OCC(F)(F)F. The molecule has 1 heterocycles. The Balaban J connectivity index is 2.12. The molecule has 20 heavy (non-hydrogen) atoms. The molecule has 1 N–H and O–H groups in total. The second kappa shape index (κ2) is 5.03. The topological polar surface area (TPSA) is 66.8 Å². The standard InChI is InChI=1S/C12H10F3NO4/c13-12(14,15)6-20-11(19)16-4-3-7-5-8(10(17)18)1-2-9(7)16/h1-2,5H,3-4,6H2,(H,17,18). The number of carbonyl (C=O) groups is 2. The van der Waals surface area contributed by atoms with Crippen LogP contribution in [-0.2, 0) is 11.2 Å². The van der Waals surface area contributed by atoms with E-state index in [1.165, 1.54) is 18.2 Å². The summed E-state index contributed by atoms with van der Waals surface area (Å²) in [7, 11) is 0. The molecule has 1 amide bonds. The van der Waals surface area contributed by atoms with Gasteiger partial charge in [0.1, 0.15) is 0 Å². The van der Waals surface area contributed by atoms with Crippen LogP contribution < -0.4 is 4.90 Å². The lowest BCUT2D eigenvalue weighted by Gasteiger charge is -2.17. The molecule has 0 spiro atoms. The van der Waals surface area contributed by atoms with Gasteiger partial charge in [-0.3, -0.25) is 4.90 Å². The molecule has 0 unspecified atom stereocenters. The van der Waals surface area contributed by atoms with Gasteiger partial charge in [0.15, 0.2) is 6.61 Å². The second-order valence-electron chi connectivity index (χ2n) is 4.22. The number of halogens is 3. The van der Waals surface area contributed by atoms with Crippen LogP contribution in [-0.4, -0.2) is 36.5 Å². The molecular weight excluding hydrogens is 279 g/mol. The van der Waals surface area contributed by atoms with Gasteiger partial charge in [-0.25, -0.2) is 9.59 Å². The number of alkyl halides is 3. The molecule has 0 aliphatic carbocycles. The number of anilines is 1. The van der Waals surface area contributed by atoms with Gasteiger partial charge in [0.2, 0.25) is 0 Å². The first-order chi connectivity index (χ1) is 9.28. The second-order valence-corrected chi connectivity index (χ2v) is 4.22. The van der Waals surface area contributed by atoms with E-state index in [-0.39, 0.29) is 12.1 Å². The Kier molecular flexibility index (Phi) is 3.56. The highest BCUT2D eigenvalue weighted by Crippen LogP contribution is 2.29. The number of ether oxygens (including phenoxy) is 1. The quantitative estimate of drug-likeness (QED) is 0.908. The smallest absolute Gasteiger partial charge is 0.422 e. The van der Waals surface area contributed by atoms with Gasteiger partial charge in [-0.2, -0.15) is 13.2 Å². The minimum atomic E-state index is -4.58. The summed E-state index contributed by atoms with van der Waals surface area (Å²) in [5.74, 6) is -1.11. The van der Waals surface area contributed by atoms with E-state index in [2.05, 4.69) is 4.74 Å². The van der Waals surface area contributed by atoms with Crippen molar-refractivity contribution in [1.82, 2.24) is 0 Å². The van der Waals surface area contributed by atoms with Crippen LogP contribution in [0, 0.1) is 0 Å². The van der Waals surface area contributed by atoms with E-state index in [0.717, 1.165) is 4.90 Å². The van der Waals surface area contributed by atoms with Gasteiger partial charge < -0.3 is 9.84 Å². The highest BCUT2D eigenvalue weighted by atomic mass is 19.4. The van der Waals surface area contributed by atoms with E-state index in [4.69, 9.17) is 5.11 Å². The van der Waals surface area contributed by atoms with Crippen molar-refractivity contribution >= 4 is 17.7 Å². The Morgan fingerprint density at radius 1 is 1.35 bits per heavy atom. The third-order valence-electron chi connectivity index (χ3n) is 2.80. The zero-order chi connectivity index (χ0) is 14.9. The van der Waals surface area contributed by atoms with Crippen LogP contribution in [0.1, 0.15) is 15.9 Å². The van der Waals surface area contributed by atoms with Gasteiger partial charge in [0, 0.05) is 6.54 Å². The highest BCUT2D eigenvalue weighted by Gasteiger charge is 2.33. The Morgan fingerprint density at radius 3 is 2.65 bits per heavy atom. The van der Waals surface area contributed by atoms with Gasteiger partial charge in [-0.1, -0.05) is 0 Å². The largest absolute Gasteiger partial charge is 0.478 e. The van der Waals surface area contributed by atoms with Crippen LogP contribution in [0.15, 0.2) is 18.2 Å². The van der Waals surface area contributed by atoms with Gasteiger partial charge in [-0.15, -0.1) is 0 Å². The van der Waals surface area contributed by atoms with Gasteiger partial charge in [-0.05, 0) is 30.2 Å². The van der Waals surface area contributed by atoms with Gasteiger partial charge >= 0.3 is 18.2 Å². The number of fused-ring (bicyclic) bond motifs is 1. The fourth-order valence-electron chi connectivity index (χ4n) is 1.95. The maximum absolute atomic E-state index is 12.0. The molecule has 2 rings (SSSR count). The number of carboxylic acid groups (broad SMARTS) is 1. The van der Waals surface area contributed by atoms with Crippen LogP contribution in [0.4, 0.5) is 23.7 Å². The van der Waals surface area contributed by atoms with E-state index in [0.29, 0.717) is 17.7 Å². The van der Waals surface area contributed by atoms with Crippen molar-refractivity contribution in [2.24, 2.45) is 0 Å². The minimum Gasteiger partial charge on any atom is -0.478 e. The molecule has 1 aliphatic rings. The van der Waals surface area contributed by atoms with E-state index >= 15 is 0 Å². The number of aromatic carboxylic acids is 1. The van der Waals surface area contributed by atoms with Crippen molar-refractivity contribution in [2.75, 3.05) is 18.1 Å². The van der Waals surface area contributed by atoms with Crippen molar-refractivity contribution < 1.29 is 32.6 Å². The minimum absolute atomic E-state index is 0.0641. The van der Waals surface area contributed by atoms with Crippen LogP contribution in [0.25, 0.3) is 0 Å². The molecule has 5 nitrogen and oxygen atoms in total. The van der Waals surface area contributed by atoms with Gasteiger partial charge in [0.05, 0.1) is 11.3 Å². The molecule has 0 bridgehead atoms. The monoisotopic (exact) mass is 289 g/mol. The maximum Gasteiger partial charge on any atom is 0.422 e. The van der Waals surface area contributed by atoms with Crippen LogP contribution >= 0.6 is 0 Å². The number of hydrogen-bond acceptors (Lipinski definition) is 3. The van der Waals surface area contributed by atoms with Crippen molar-refractivity contribution in [3.8, 4) is 0 Å². The number of carboxylic acids is 1.